The van der Waals surface area contributed by atoms with Crippen molar-refractivity contribution in [2.24, 2.45) is 0 Å². The molecule has 0 radical (unpaired) electrons. The molecule has 0 spiro atoms. The fourth-order valence-electron chi connectivity index (χ4n) is 3.09. The molecule has 2 aromatic rings. The lowest BCUT2D eigenvalue weighted by Crippen LogP contribution is -2.34. The Morgan fingerprint density at radius 3 is 2.43 bits per heavy atom. The zero-order valence-electron chi connectivity index (χ0n) is 11.5. The summed E-state index contributed by atoms with van der Waals surface area (Å²) >= 11 is 13.5. The predicted octanol–water partition coefficient (Wildman–Crippen LogP) is 5.73. The third-order valence-electron chi connectivity index (χ3n) is 4.14. The highest BCUT2D eigenvalue weighted by molar-refractivity contribution is 9.10. The van der Waals surface area contributed by atoms with Crippen molar-refractivity contribution in [2.75, 3.05) is 13.1 Å². The highest BCUT2D eigenvalue weighted by atomic mass is 79.9. The van der Waals surface area contributed by atoms with Gasteiger partial charge in [0.2, 0.25) is 0 Å². The van der Waals surface area contributed by atoms with Crippen LogP contribution < -0.4 is 5.32 Å². The van der Waals surface area contributed by atoms with Crippen LogP contribution in [0.2, 0.25) is 5.02 Å². The van der Waals surface area contributed by atoms with Crippen molar-refractivity contribution in [2.45, 2.75) is 18.3 Å². The SMILES string of the molecule is Clc1ccc(Br)cc1C1CCNCC1c1ccc(Br)cc1. The second-order valence-corrected chi connectivity index (χ2v) is 7.66. The molecular weight excluding hydrogens is 413 g/mol. The molecule has 2 unspecified atom stereocenters. The topological polar surface area (TPSA) is 12.0 Å². The molecule has 0 aromatic heterocycles. The summed E-state index contributed by atoms with van der Waals surface area (Å²) in [6.45, 7) is 2.04. The molecule has 1 saturated heterocycles. The average Bonchev–Trinajstić information content (AvgIpc) is 2.51. The van der Waals surface area contributed by atoms with Gasteiger partial charge < -0.3 is 5.32 Å². The van der Waals surface area contributed by atoms with E-state index in [1.807, 2.05) is 12.1 Å². The maximum absolute atomic E-state index is 6.46. The number of nitrogens with one attached hydrogen (secondary N) is 1. The summed E-state index contributed by atoms with van der Waals surface area (Å²) < 4.78 is 2.21. The van der Waals surface area contributed by atoms with Crippen molar-refractivity contribution < 1.29 is 0 Å². The molecule has 0 bridgehead atoms. The third kappa shape index (κ3) is 3.53. The highest BCUT2D eigenvalue weighted by Crippen LogP contribution is 2.41. The summed E-state index contributed by atoms with van der Waals surface area (Å²) in [5, 5.41) is 4.38. The second-order valence-electron chi connectivity index (χ2n) is 5.42. The monoisotopic (exact) mass is 427 g/mol. The van der Waals surface area contributed by atoms with Crippen LogP contribution in [0.3, 0.4) is 0 Å². The van der Waals surface area contributed by atoms with Gasteiger partial charge in [0, 0.05) is 26.4 Å². The van der Waals surface area contributed by atoms with Crippen LogP contribution in [0.15, 0.2) is 51.4 Å². The van der Waals surface area contributed by atoms with E-state index in [1.165, 1.54) is 11.1 Å². The van der Waals surface area contributed by atoms with E-state index in [0.717, 1.165) is 33.5 Å². The molecule has 0 aliphatic carbocycles. The number of rotatable bonds is 2. The summed E-state index contributed by atoms with van der Waals surface area (Å²) in [7, 11) is 0. The zero-order chi connectivity index (χ0) is 14.8. The van der Waals surface area contributed by atoms with Gasteiger partial charge in [-0.05, 0) is 60.3 Å². The van der Waals surface area contributed by atoms with Crippen LogP contribution in [0.4, 0.5) is 0 Å². The minimum absolute atomic E-state index is 0.456. The van der Waals surface area contributed by atoms with Crippen LogP contribution in [0, 0.1) is 0 Å². The summed E-state index contributed by atoms with van der Waals surface area (Å²) in [5.41, 5.74) is 2.62. The van der Waals surface area contributed by atoms with Crippen LogP contribution in [0.5, 0.6) is 0 Å². The number of piperidine rings is 1. The van der Waals surface area contributed by atoms with Gasteiger partial charge in [-0.1, -0.05) is 55.6 Å². The zero-order valence-corrected chi connectivity index (χ0v) is 15.4. The predicted molar refractivity (Wildman–Crippen MR) is 96.3 cm³/mol. The molecule has 0 saturated carbocycles. The molecule has 1 aliphatic heterocycles. The summed E-state index contributed by atoms with van der Waals surface area (Å²) in [6, 6.07) is 14.8. The Morgan fingerprint density at radius 2 is 1.67 bits per heavy atom. The first-order valence-corrected chi connectivity index (χ1v) is 9.02. The molecule has 4 heteroatoms. The van der Waals surface area contributed by atoms with E-state index in [2.05, 4.69) is 67.5 Å². The maximum atomic E-state index is 6.46. The Balaban J connectivity index is 1.98. The molecule has 1 heterocycles. The summed E-state index contributed by atoms with van der Waals surface area (Å²) in [5.74, 6) is 0.913. The van der Waals surface area contributed by atoms with Gasteiger partial charge in [0.15, 0.2) is 0 Å². The Morgan fingerprint density at radius 1 is 0.952 bits per heavy atom. The van der Waals surface area contributed by atoms with Gasteiger partial charge in [-0.2, -0.15) is 0 Å². The molecule has 21 heavy (non-hydrogen) atoms. The van der Waals surface area contributed by atoms with Gasteiger partial charge >= 0.3 is 0 Å². The van der Waals surface area contributed by atoms with Crippen molar-refractivity contribution in [3.05, 3.63) is 67.6 Å². The van der Waals surface area contributed by atoms with Crippen LogP contribution >= 0.6 is 43.5 Å². The molecule has 2 atom stereocenters. The molecule has 2 aromatic carbocycles. The van der Waals surface area contributed by atoms with Gasteiger partial charge in [0.1, 0.15) is 0 Å². The molecule has 1 N–H and O–H groups in total. The van der Waals surface area contributed by atoms with Gasteiger partial charge in [0.05, 0.1) is 0 Å². The molecule has 1 nitrogen and oxygen atoms in total. The third-order valence-corrected chi connectivity index (χ3v) is 5.50. The highest BCUT2D eigenvalue weighted by Gasteiger charge is 2.29. The van der Waals surface area contributed by atoms with Crippen LogP contribution in [0.25, 0.3) is 0 Å². The second kappa shape index (κ2) is 6.82. The van der Waals surface area contributed by atoms with E-state index < -0.39 is 0 Å². The summed E-state index contributed by atoms with van der Waals surface area (Å²) in [4.78, 5) is 0. The molecule has 110 valence electrons. The van der Waals surface area contributed by atoms with E-state index in [1.54, 1.807) is 0 Å². The largest absolute Gasteiger partial charge is 0.316 e. The van der Waals surface area contributed by atoms with Gasteiger partial charge in [-0.25, -0.2) is 0 Å². The van der Waals surface area contributed by atoms with E-state index in [4.69, 9.17) is 11.6 Å². The Bertz CT molecular complexity index is 627. The first-order valence-electron chi connectivity index (χ1n) is 7.06. The first kappa shape index (κ1) is 15.5. The average molecular weight is 430 g/mol. The van der Waals surface area contributed by atoms with Crippen LogP contribution in [-0.2, 0) is 0 Å². The number of halogens is 3. The minimum Gasteiger partial charge on any atom is -0.316 e. The van der Waals surface area contributed by atoms with E-state index in [-0.39, 0.29) is 0 Å². The first-order chi connectivity index (χ1) is 10.1. The maximum Gasteiger partial charge on any atom is 0.0441 e. The Labute approximate surface area is 147 Å². The van der Waals surface area contributed by atoms with Gasteiger partial charge in [0.25, 0.3) is 0 Å². The van der Waals surface area contributed by atoms with Gasteiger partial charge in [-0.3, -0.25) is 0 Å². The standard InChI is InChI=1S/C17H16Br2ClN/c18-12-3-1-11(2-4-12)16-10-21-8-7-14(16)15-9-13(19)5-6-17(15)20/h1-6,9,14,16,21H,7-8,10H2. The lowest BCUT2D eigenvalue weighted by atomic mass is 9.77. The van der Waals surface area contributed by atoms with Crippen molar-refractivity contribution in [3.8, 4) is 0 Å². The summed E-state index contributed by atoms with van der Waals surface area (Å²) in [6.07, 6.45) is 1.11. The normalized spacial score (nSPS) is 22.2. The Kier molecular flexibility index (Phi) is 5.05. The van der Waals surface area contributed by atoms with Crippen molar-refractivity contribution in [1.29, 1.82) is 0 Å². The smallest absolute Gasteiger partial charge is 0.0441 e. The molecule has 1 aliphatic rings. The van der Waals surface area contributed by atoms with Crippen molar-refractivity contribution in [3.63, 3.8) is 0 Å². The Hall–Kier alpha value is -0.350. The van der Waals surface area contributed by atoms with E-state index in [9.17, 15) is 0 Å². The van der Waals surface area contributed by atoms with Gasteiger partial charge in [-0.15, -0.1) is 0 Å². The number of hydrogen-bond donors (Lipinski definition) is 1. The van der Waals surface area contributed by atoms with Crippen LogP contribution in [-0.4, -0.2) is 13.1 Å². The fourth-order valence-corrected chi connectivity index (χ4v) is 3.99. The fraction of sp³-hybridized carbons (Fsp3) is 0.294. The van der Waals surface area contributed by atoms with Crippen molar-refractivity contribution in [1.82, 2.24) is 5.32 Å². The van der Waals surface area contributed by atoms with E-state index >= 15 is 0 Å². The molecule has 0 amide bonds. The number of hydrogen-bond acceptors (Lipinski definition) is 1. The van der Waals surface area contributed by atoms with E-state index in [0.29, 0.717) is 11.8 Å². The van der Waals surface area contributed by atoms with Crippen LogP contribution in [0.1, 0.15) is 29.4 Å². The lowest BCUT2D eigenvalue weighted by molar-refractivity contribution is 0.404. The minimum atomic E-state index is 0.456. The quantitative estimate of drug-likeness (QED) is 0.643. The van der Waals surface area contributed by atoms with Crippen molar-refractivity contribution >= 4 is 43.5 Å². The molecule has 3 rings (SSSR count). The molecule has 1 fully saturated rings. The molecular formula is C17H16Br2ClN. The number of benzene rings is 2. The lowest BCUT2D eigenvalue weighted by Gasteiger charge is -2.33.